The first-order chi connectivity index (χ1) is 16.1. The van der Waals surface area contributed by atoms with E-state index in [9.17, 15) is 18.0 Å². The van der Waals surface area contributed by atoms with E-state index in [4.69, 9.17) is 11.6 Å². The molecule has 2 aromatic carbocycles. The zero-order valence-electron chi connectivity index (χ0n) is 19.5. The number of likely N-dealkylation sites (tertiary alicyclic amines) is 2. The van der Waals surface area contributed by atoms with Crippen molar-refractivity contribution in [3.8, 4) is 0 Å². The van der Waals surface area contributed by atoms with Crippen LogP contribution in [0.2, 0.25) is 5.02 Å². The summed E-state index contributed by atoms with van der Waals surface area (Å²) in [6.07, 6.45) is 2.85. The molecule has 4 rings (SSSR count). The first kappa shape index (κ1) is 24.9. The molecule has 2 heterocycles. The molecule has 184 valence electrons. The molecule has 8 nitrogen and oxygen atoms in total. The predicted molar refractivity (Wildman–Crippen MR) is 132 cm³/mol. The van der Waals surface area contributed by atoms with Gasteiger partial charge in [0.2, 0.25) is 21.8 Å². The lowest BCUT2D eigenvalue weighted by molar-refractivity contribution is -0.143. The van der Waals surface area contributed by atoms with Crippen LogP contribution in [0.1, 0.15) is 25.7 Å². The number of rotatable bonds is 6. The number of halogens is 1. The normalized spacial score (nSPS) is 20.4. The highest BCUT2D eigenvalue weighted by molar-refractivity contribution is 7.89. The molecule has 2 saturated heterocycles. The number of amides is 2. The van der Waals surface area contributed by atoms with Crippen molar-refractivity contribution in [2.24, 2.45) is 0 Å². The molecule has 1 atom stereocenters. The van der Waals surface area contributed by atoms with E-state index in [1.165, 1.54) is 11.0 Å². The van der Waals surface area contributed by atoms with Crippen LogP contribution in [-0.2, 0) is 19.6 Å². The van der Waals surface area contributed by atoms with E-state index >= 15 is 0 Å². The van der Waals surface area contributed by atoms with E-state index in [1.54, 1.807) is 30.3 Å². The van der Waals surface area contributed by atoms with Crippen LogP contribution in [0.4, 0.5) is 0 Å². The molecule has 1 unspecified atom stereocenters. The lowest BCUT2D eigenvalue weighted by Gasteiger charge is -2.37. The SMILES string of the molecule is CN(C)C1CCN(C(=O)CN2CCCC(NS(=O)(=O)c3ccc4cc(Cl)ccc4c3)C2=O)CC1. The van der Waals surface area contributed by atoms with Gasteiger partial charge in [0.05, 0.1) is 11.4 Å². The molecule has 0 saturated carbocycles. The van der Waals surface area contributed by atoms with E-state index in [2.05, 4.69) is 9.62 Å². The zero-order chi connectivity index (χ0) is 24.5. The lowest BCUT2D eigenvalue weighted by atomic mass is 10.0. The van der Waals surface area contributed by atoms with Gasteiger partial charge in [0, 0.05) is 30.7 Å². The molecule has 0 aliphatic carbocycles. The average Bonchev–Trinajstić information content (AvgIpc) is 2.81. The van der Waals surface area contributed by atoms with Crippen LogP contribution >= 0.6 is 11.6 Å². The summed E-state index contributed by atoms with van der Waals surface area (Å²) in [5.74, 6) is -0.429. The Morgan fingerprint density at radius 1 is 1.06 bits per heavy atom. The summed E-state index contributed by atoms with van der Waals surface area (Å²) >= 11 is 6.01. The maximum Gasteiger partial charge on any atom is 0.242 e. The summed E-state index contributed by atoms with van der Waals surface area (Å²) < 4.78 is 28.6. The van der Waals surface area contributed by atoms with Crippen molar-refractivity contribution in [3.05, 3.63) is 41.4 Å². The van der Waals surface area contributed by atoms with Crippen LogP contribution in [0.5, 0.6) is 0 Å². The maximum atomic E-state index is 13.1. The number of hydrogen-bond acceptors (Lipinski definition) is 5. The fourth-order valence-electron chi connectivity index (χ4n) is 4.72. The van der Waals surface area contributed by atoms with E-state index < -0.39 is 16.1 Å². The Balaban J connectivity index is 1.40. The van der Waals surface area contributed by atoms with Gasteiger partial charge in [-0.15, -0.1) is 0 Å². The molecule has 2 aliphatic heterocycles. The Morgan fingerprint density at radius 3 is 2.44 bits per heavy atom. The summed E-state index contributed by atoms with van der Waals surface area (Å²) in [4.78, 5) is 31.4. The summed E-state index contributed by atoms with van der Waals surface area (Å²) in [6.45, 7) is 1.79. The van der Waals surface area contributed by atoms with Crippen molar-refractivity contribution >= 4 is 44.2 Å². The van der Waals surface area contributed by atoms with Crippen molar-refractivity contribution in [3.63, 3.8) is 0 Å². The predicted octanol–water partition coefficient (Wildman–Crippen LogP) is 2.32. The lowest BCUT2D eigenvalue weighted by Crippen LogP contribution is -2.55. The topological polar surface area (TPSA) is 90.0 Å². The minimum absolute atomic E-state index is 0.0135. The Labute approximate surface area is 205 Å². The van der Waals surface area contributed by atoms with Crippen LogP contribution < -0.4 is 4.72 Å². The van der Waals surface area contributed by atoms with Crippen LogP contribution in [0.25, 0.3) is 10.8 Å². The molecule has 2 fully saturated rings. The van der Waals surface area contributed by atoms with Crippen LogP contribution in [-0.4, -0.2) is 87.3 Å². The summed E-state index contributed by atoms with van der Waals surface area (Å²) in [6, 6.07) is 9.59. The minimum atomic E-state index is -3.91. The average molecular weight is 507 g/mol. The fourth-order valence-corrected chi connectivity index (χ4v) is 6.16. The van der Waals surface area contributed by atoms with Gasteiger partial charge in [-0.25, -0.2) is 8.42 Å². The Morgan fingerprint density at radius 2 is 1.74 bits per heavy atom. The molecule has 0 spiro atoms. The summed E-state index contributed by atoms with van der Waals surface area (Å²) in [5.41, 5.74) is 0. The number of piperidine rings is 2. The van der Waals surface area contributed by atoms with Gasteiger partial charge in [-0.2, -0.15) is 4.72 Å². The molecule has 0 aromatic heterocycles. The van der Waals surface area contributed by atoms with Gasteiger partial charge in [-0.1, -0.05) is 23.7 Å². The van der Waals surface area contributed by atoms with Crippen molar-refractivity contribution in [1.29, 1.82) is 0 Å². The van der Waals surface area contributed by atoms with Gasteiger partial charge in [-0.3, -0.25) is 9.59 Å². The van der Waals surface area contributed by atoms with E-state index in [0.29, 0.717) is 43.5 Å². The third kappa shape index (κ3) is 5.54. The van der Waals surface area contributed by atoms with Crippen molar-refractivity contribution in [2.75, 3.05) is 40.3 Å². The summed E-state index contributed by atoms with van der Waals surface area (Å²) in [7, 11) is 0.178. The highest BCUT2D eigenvalue weighted by Crippen LogP contribution is 2.24. The van der Waals surface area contributed by atoms with Crippen LogP contribution in [0, 0.1) is 0 Å². The monoisotopic (exact) mass is 506 g/mol. The number of sulfonamides is 1. The van der Waals surface area contributed by atoms with E-state index in [1.807, 2.05) is 19.0 Å². The smallest absolute Gasteiger partial charge is 0.242 e. The Bertz CT molecular complexity index is 1180. The van der Waals surface area contributed by atoms with E-state index in [-0.39, 0.29) is 23.3 Å². The molecule has 2 aromatic rings. The number of nitrogens with zero attached hydrogens (tertiary/aromatic N) is 3. The first-order valence-electron chi connectivity index (χ1n) is 11.6. The zero-order valence-corrected chi connectivity index (χ0v) is 21.1. The second kappa shape index (κ2) is 10.2. The number of carbonyl (C=O) groups is 2. The number of carbonyl (C=O) groups excluding carboxylic acids is 2. The summed E-state index contributed by atoms with van der Waals surface area (Å²) in [5, 5.41) is 2.15. The number of nitrogens with one attached hydrogen (secondary N) is 1. The molecule has 0 radical (unpaired) electrons. The van der Waals surface area contributed by atoms with Crippen LogP contribution in [0.15, 0.2) is 41.3 Å². The van der Waals surface area contributed by atoms with Gasteiger partial charge >= 0.3 is 0 Å². The van der Waals surface area contributed by atoms with Crippen molar-refractivity contribution < 1.29 is 18.0 Å². The molecular formula is C24H31ClN4O4S. The van der Waals surface area contributed by atoms with Gasteiger partial charge in [-0.05, 0) is 74.8 Å². The van der Waals surface area contributed by atoms with Crippen molar-refractivity contribution in [1.82, 2.24) is 19.4 Å². The third-order valence-corrected chi connectivity index (χ3v) is 8.49. The molecular weight excluding hydrogens is 476 g/mol. The minimum Gasteiger partial charge on any atom is -0.341 e. The number of fused-ring (bicyclic) bond motifs is 1. The largest absolute Gasteiger partial charge is 0.341 e. The molecule has 0 bridgehead atoms. The first-order valence-corrected chi connectivity index (χ1v) is 13.4. The molecule has 34 heavy (non-hydrogen) atoms. The quantitative estimate of drug-likeness (QED) is 0.649. The van der Waals surface area contributed by atoms with Crippen molar-refractivity contribution in [2.45, 2.75) is 42.7 Å². The van der Waals surface area contributed by atoms with Gasteiger partial charge in [0.15, 0.2) is 0 Å². The maximum absolute atomic E-state index is 13.1. The van der Waals surface area contributed by atoms with Crippen LogP contribution in [0.3, 0.4) is 0 Å². The number of benzene rings is 2. The van der Waals surface area contributed by atoms with Gasteiger partial charge in [0.1, 0.15) is 6.04 Å². The fraction of sp³-hybridized carbons (Fsp3) is 0.500. The second-order valence-corrected chi connectivity index (χ2v) is 11.5. The Hall–Kier alpha value is -2.20. The van der Waals surface area contributed by atoms with E-state index in [0.717, 1.165) is 23.6 Å². The third-order valence-electron chi connectivity index (χ3n) is 6.79. The molecule has 2 aliphatic rings. The molecule has 2 amide bonds. The molecule has 10 heteroatoms. The van der Waals surface area contributed by atoms with Gasteiger partial charge in [0.25, 0.3) is 0 Å². The standard InChI is InChI=1S/C24H31ClN4O4S/c1-27(2)20-9-12-28(13-10-20)23(30)16-29-11-3-4-22(24(29)31)26-34(32,33)21-8-6-17-14-19(25)7-5-18(17)15-21/h5-8,14-15,20,22,26H,3-4,9-13,16H2,1-2H3. The van der Waals surface area contributed by atoms with Gasteiger partial charge < -0.3 is 14.7 Å². The Kier molecular flexibility index (Phi) is 7.47. The second-order valence-electron chi connectivity index (χ2n) is 9.30. The highest BCUT2D eigenvalue weighted by atomic mass is 35.5. The number of hydrogen-bond donors (Lipinski definition) is 1. The molecule has 1 N–H and O–H groups in total. The highest BCUT2D eigenvalue weighted by Gasteiger charge is 2.34.